The Labute approximate surface area is 150 Å². The van der Waals surface area contributed by atoms with Crippen LogP contribution < -0.4 is 5.32 Å². The smallest absolute Gasteiger partial charge is 0.230 e. The first-order chi connectivity index (χ1) is 12.2. The van der Waals surface area contributed by atoms with E-state index in [4.69, 9.17) is 0 Å². The summed E-state index contributed by atoms with van der Waals surface area (Å²) in [6, 6.07) is 16.1. The van der Waals surface area contributed by atoms with Gasteiger partial charge in [0.15, 0.2) is 0 Å². The summed E-state index contributed by atoms with van der Waals surface area (Å²) in [5.41, 5.74) is 3.05. The lowest BCUT2D eigenvalue weighted by atomic mass is 10.2. The minimum atomic E-state index is -0.274. The number of hydrogen-bond acceptors (Lipinski definition) is 3. The first kappa shape index (κ1) is 17.2. The van der Waals surface area contributed by atoms with Crippen LogP contribution in [0.4, 0.5) is 4.39 Å². The average Bonchev–Trinajstić information content (AvgIpc) is 3.16. The Balaban J connectivity index is 1.40. The first-order valence-corrected chi connectivity index (χ1v) is 9.04. The summed E-state index contributed by atoms with van der Waals surface area (Å²) >= 11 is 1.56. The number of carbonyl (C=O) groups is 1. The number of halogens is 1. The van der Waals surface area contributed by atoms with Gasteiger partial charge in [-0.1, -0.05) is 24.3 Å². The van der Waals surface area contributed by atoms with E-state index in [2.05, 4.69) is 10.4 Å². The van der Waals surface area contributed by atoms with E-state index in [0.717, 1.165) is 22.6 Å². The number of rotatable bonds is 7. The molecule has 25 heavy (non-hydrogen) atoms. The van der Waals surface area contributed by atoms with Crippen LogP contribution in [-0.2, 0) is 17.1 Å². The zero-order valence-corrected chi connectivity index (χ0v) is 14.4. The van der Waals surface area contributed by atoms with Crippen molar-refractivity contribution in [1.29, 1.82) is 0 Å². The Morgan fingerprint density at radius 2 is 1.80 bits per heavy atom. The van der Waals surface area contributed by atoms with Crippen LogP contribution in [0.15, 0.2) is 67.0 Å². The Morgan fingerprint density at radius 1 is 1.08 bits per heavy atom. The third-order valence-corrected chi connectivity index (χ3v) is 4.61. The predicted octanol–water partition coefficient (Wildman–Crippen LogP) is 3.56. The van der Waals surface area contributed by atoms with Gasteiger partial charge in [-0.15, -0.1) is 11.8 Å². The molecule has 0 atom stereocenters. The highest BCUT2D eigenvalue weighted by atomic mass is 32.2. The third kappa shape index (κ3) is 5.19. The number of thioether (sulfide) groups is 1. The summed E-state index contributed by atoms with van der Waals surface area (Å²) in [7, 11) is 0. The molecule has 0 saturated heterocycles. The molecule has 1 amide bonds. The predicted molar refractivity (Wildman–Crippen MR) is 98.0 cm³/mol. The van der Waals surface area contributed by atoms with Crippen LogP contribution >= 0.6 is 11.8 Å². The molecule has 0 spiro atoms. The van der Waals surface area contributed by atoms with E-state index in [1.54, 1.807) is 34.8 Å². The van der Waals surface area contributed by atoms with Crippen molar-refractivity contribution in [3.8, 4) is 5.69 Å². The second-order valence-corrected chi connectivity index (χ2v) is 6.50. The van der Waals surface area contributed by atoms with E-state index in [9.17, 15) is 9.18 Å². The van der Waals surface area contributed by atoms with E-state index in [1.807, 2.05) is 36.5 Å². The number of benzene rings is 2. The summed E-state index contributed by atoms with van der Waals surface area (Å²) in [6.45, 7) is 0.415. The maximum atomic E-state index is 12.8. The normalized spacial score (nSPS) is 10.6. The van der Waals surface area contributed by atoms with Gasteiger partial charge in [0.05, 0.1) is 11.4 Å². The second-order valence-electron chi connectivity index (χ2n) is 5.51. The average molecular weight is 355 g/mol. The van der Waals surface area contributed by atoms with Gasteiger partial charge >= 0.3 is 0 Å². The van der Waals surface area contributed by atoms with Crippen molar-refractivity contribution >= 4 is 17.7 Å². The van der Waals surface area contributed by atoms with Gasteiger partial charge in [-0.3, -0.25) is 4.79 Å². The minimum absolute atomic E-state index is 0.0255. The Kier molecular flexibility index (Phi) is 5.85. The molecule has 0 unspecified atom stereocenters. The number of nitrogens with one attached hydrogen (secondary N) is 1. The van der Waals surface area contributed by atoms with E-state index in [-0.39, 0.29) is 11.7 Å². The fourth-order valence-corrected chi connectivity index (χ4v) is 3.10. The van der Waals surface area contributed by atoms with Crippen LogP contribution in [-0.4, -0.2) is 21.4 Å². The summed E-state index contributed by atoms with van der Waals surface area (Å²) in [5.74, 6) is 0.859. The van der Waals surface area contributed by atoms with Crippen LogP contribution in [0.1, 0.15) is 11.1 Å². The van der Waals surface area contributed by atoms with Crippen molar-refractivity contribution in [1.82, 2.24) is 15.1 Å². The lowest BCUT2D eigenvalue weighted by Gasteiger charge is -2.06. The largest absolute Gasteiger partial charge is 0.351 e. The van der Waals surface area contributed by atoms with Crippen LogP contribution in [0.2, 0.25) is 0 Å². The molecule has 1 N–H and O–H groups in total. The number of carbonyl (C=O) groups excluding carboxylic acids is 1. The standard InChI is InChI=1S/C19H18FN3OS/c20-17-6-2-15(3-7-17)12-21-19(24)14-25-13-16-4-8-18(9-5-16)23-11-1-10-22-23/h1-11H,12-14H2,(H,21,24). The van der Waals surface area contributed by atoms with Crippen molar-refractivity contribution in [2.75, 3.05) is 5.75 Å². The Bertz CT molecular complexity index is 802. The molecule has 3 rings (SSSR count). The lowest BCUT2D eigenvalue weighted by molar-refractivity contribution is -0.118. The quantitative estimate of drug-likeness (QED) is 0.705. The second kappa shape index (κ2) is 8.48. The molecule has 6 heteroatoms. The van der Waals surface area contributed by atoms with Crippen LogP contribution in [0.3, 0.4) is 0 Å². The van der Waals surface area contributed by atoms with Gasteiger partial charge in [0.1, 0.15) is 5.82 Å². The third-order valence-electron chi connectivity index (χ3n) is 3.61. The molecular formula is C19H18FN3OS. The molecule has 3 aromatic rings. The zero-order valence-electron chi connectivity index (χ0n) is 13.6. The van der Waals surface area contributed by atoms with Gasteiger partial charge < -0.3 is 5.32 Å². The molecule has 1 aromatic heterocycles. The molecule has 0 saturated carbocycles. The zero-order chi connectivity index (χ0) is 17.5. The molecule has 128 valence electrons. The van der Waals surface area contributed by atoms with Gasteiger partial charge in [0.25, 0.3) is 0 Å². The molecule has 4 nitrogen and oxygen atoms in total. The summed E-state index contributed by atoms with van der Waals surface area (Å²) in [6.07, 6.45) is 3.64. The molecule has 0 fully saturated rings. The maximum absolute atomic E-state index is 12.8. The highest BCUT2D eigenvalue weighted by Crippen LogP contribution is 2.14. The molecule has 0 radical (unpaired) electrons. The monoisotopic (exact) mass is 355 g/mol. The van der Waals surface area contributed by atoms with Crippen molar-refractivity contribution < 1.29 is 9.18 Å². The van der Waals surface area contributed by atoms with Crippen molar-refractivity contribution in [2.24, 2.45) is 0 Å². The lowest BCUT2D eigenvalue weighted by Crippen LogP contribution is -2.24. The number of aromatic nitrogens is 2. The minimum Gasteiger partial charge on any atom is -0.351 e. The van der Waals surface area contributed by atoms with Gasteiger partial charge in [0.2, 0.25) is 5.91 Å². The van der Waals surface area contributed by atoms with Crippen molar-refractivity contribution in [2.45, 2.75) is 12.3 Å². The van der Waals surface area contributed by atoms with Gasteiger partial charge in [-0.05, 0) is 41.5 Å². The molecule has 1 heterocycles. The number of nitrogens with zero attached hydrogens (tertiary/aromatic N) is 2. The van der Waals surface area contributed by atoms with E-state index in [1.165, 1.54) is 12.1 Å². The van der Waals surface area contributed by atoms with Gasteiger partial charge in [0, 0.05) is 24.7 Å². The SMILES string of the molecule is O=C(CSCc1ccc(-n2cccn2)cc1)NCc1ccc(F)cc1. The molecule has 0 aliphatic rings. The molecule has 0 aliphatic heterocycles. The van der Waals surface area contributed by atoms with Crippen molar-refractivity contribution in [3.63, 3.8) is 0 Å². The van der Waals surface area contributed by atoms with E-state index in [0.29, 0.717) is 12.3 Å². The van der Waals surface area contributed by atoms with Crippen LogP contribution in [0, 0.1) is 5.82 Å². The fraction of sp³-hybridized carbons (Fsp3) is 0.158. The van der Waals surface area contributed by atoms with Gasteiger partial charge in [-0.2, -0.15) is 5.10 Å². The van der Waals surface area contributed by atoms with E-state index < -0.39 is 0 Å². The molecular weight excluding hydrogens is 337 g/mol. The Morgan fingerprint density at radius 3 is 2.48 bits per heavy atom. The van der Waals surface area contributed by atoms with Crippen molar-refractivity contribution in [3.05, 3.63) is 83.9 Å². The molecule has 2 aromatic carbocycles. The summed E-state index contributed by atoms with van der Waals surface area (Å²) in [5, 5.41) is 7.03. The molecule has 0 bridgehead atoms. The summed E-state index contributed by atoms with van der Waals surface area (Å²) < 4.78 is 14.6. The van der Waals surface area contributed by atoms with E-state index >= 15 is 0 Å². The van der Waals surface area contributed by atoms with Gasteiger partial charge in [-0.25, -0.2) is 9.07 Å². The van der Waals surface area contributed by atoms with Crippen LogP contribution in [0.5, 0.6) is 0 Å². The first-order valence-electron chi connectivity index (χ1n) is 7.88. The maximum Gasteiger partial charge on any atom is 0.230 e. The fourth-order valence-electron chi connectivity index (χ4n) is 2.28. The topological polar surface area (TPSA) is 46.9 Å². The number of amides is 1. The summed E-state index contributed by atoms with van der Waals surface area (Å²) in [4.78, 5) is 11.9. The highest BCUT2D eigenvalue weighted by molar-refractivity contribution is 7.99. The van der Waals surface area contributed by atoms with Crippen LogP contribution in [0.25, 0.3) is 5.69 Å². The number of hydrogen-bond donors (Lipinski definition) is 1. The Hall–Kier alpha value is -2.60. The molecule has 0 aliphatic carbocycles. The highest BCUT2D eigenvalue weighted by Gasteiger charge is 2.03.